The monoisotopic (exact) mass is 284 g/mol. The maximum atomic E-state index is 13.5. The number of nitrogens with zero attached hydrogens (tertiary/aromatic N) is 1. The minimum atomic E-state index is -1.67. The van der Waals surface area contributed by atoms with Gasteiger partial charge in [-0.2, -0.15) is 5.26 Å². The van der Waals surface area contributed by atoms with Gasteiger partial charge in [-0.3, -0.25) is 4.79 Å². The third-order valence-corrected chi connectivity index (χ3v) is 3.28. The van der Waals surface area contributed by atoms with Crippen LogP contribution in [0.1, 0.15) is 12.8 Å². The summed E-state index contributed by atoms with van der Waals surface area (Å²) in [5, 5.41) is 11.3. The fraction of sp³-hybridized carbons (Fsp3) is 0.385. The molecule has 2 rings (SSSR count). The Morgan fingerprint density at radius 1 is 1.25 bits per heavy atom. The summed E-state index contributed by atoms with van der Waals surface area (Å²) in [4.78, 5) is 12.1. The molecular formula is C13H11F3N2O2. The van der Waals surface area contributed by atoms with Crippen LogP contribution in [0.15, 0.2) is 12.1 Å². The summed E-state index contributed by atoms with van der Waals surface area (Å²) in [6.07, 6.45) is 0.335. The lowest BCUT2D eigenvalue weighted by molar-refractivity contribution is -0.126. The van der Waals surface area contributed by atoms with Gasteiger partial charge < -0.3 is 10.1 Å². The van der Waals surface area contributed by atoms with Crippen molar-refractivity contribution in [3.05, 3.63) is 29.6 Å². The van der Waals surface area contributed by atoms with Crippen molar-refractivity contribution < 1.29 is 22.7 Å². The Morgan fingerprint density at radius 2 is 1.90 bits per heavy atom. The molecular weight excluding hydrogens is 273 g/mol. The number of nitriles is 1. The van der Waals surface area contributed by atoms with E-state index in [1.165, 1.54) is 0 Å². The molecule has 0 aliphatic carbocycles. The normalized spacial score (nSPS) is 17.3. The Hall–Kier alpha value is -2.07. The summed E-state index contributed by atoms with van der Waals surface area (Å²) >= 11 is 0. The minimum absolute atomic E-state index is 0.167. The standard InChI is InChI=1S/C13H11F3N2O2/c14-8-1-2-9(11(16)10(8)15)18-12(19)13(7-17)3-5-20-6-4-13/h1-2H,3-6H2,(H,18,19). The first-order valence-electron chi connectivity index (χ1n) is 5.94. The van der Waals surface area contributed by atoms with Gasteiger partial charge in [0.05, 0.1) is 11.8 Å². The van der Waals surface area contributed by atoms with Crippen LogP contribution in [-0.4, -0.2) is 19.1 Å². The molecule has 1 N–H and O–H groups in total. The molecule has 1 heterocycles. The van der Waals surface area contributed by atoms with Crippen molar-refractivity contribution in [2.75, 3.05) is 18.5 Å². The molecule has 1 saturated heterocycles. The van der Waals surface area contributed by atoms with E-state index in [0.717, 1.165) is 6.07 Å². The molecule has 0 bridgehead atoms. The van der Waals surface area contributed by atoms with Gasteiger partial charge in [-0.15, -0.1) is 0 Å². The van der Waals surface area contributed by atoms with Crippen LogP contribution in [0.5, 0.6) is 0 Å². The molecule has 20 heavy (non-hydrogen) atoms. The molecule has 1 fully saturated rings. The number of nitrogens with one attached hydrogen (secondary N) is 1. The van der Waals surface area contributed by atoms with Gasteiger partial charge in [0.25, 0.3) is 0 Å². The Labute approximate surface area is 113 Å². The van der Waals surface area contributed by atoms with Crippen LogP contribution >= 0.6 is 0 Å². The molecule has 0 aromatic heterocycles. The lowest BCUT2D eigenvalue weighted by Gasteiger charge is -2.29. The number of hydrogen-bond acceptors (Lipinski definition) is 3. The molecule has 0 saturated carbocycles. The van der Waals surface area contributed by atoms with Gasteiger partial charge in [0, 0.05) is 13.2 Å². The molecule has 0 atom stereocenters. The zero-order valence-corrected chi connectivity index (χ0v) is 10.4. The zero-order chi connectivity index (χ0) is 14.8. The third-order valence-electron chi connectivity index (χ3n) is 3.28. The largest absolute Gasteiger partial charge is 0.381 e. The van der Waals surface area contributed by atoms with Crippen LogP contribution in [-0.2, 0) is 9.53 Å². The van der Waals surface area contributed by atoms with E-state index in [1.54, 1.807) is 0 Å². The van der Waals surface area contributed by atoms with E-state index >= 15 is 0 Å². The first-order valence-corrected chi connectivity index (χ1v) is 5.94. The summed E-state index contributed by atoms with van der Waals surface area (Å²) in [7, 11) is 0. The average molecular weight is 284 g/mol. The lowest BCUT2D eigenvalue weighted by atomic mass is 9.81. The van der Waals surface area contributed by atoms with Crippen LogP contribution in [0.2, 0.25) is 0 Å². The Bertz CT molecular complexity index is 578. The summed E-state index contributed by atoms with van der Waals surface area (Å²) in [5.41, 5.74) is -1.83. The highest BCUT2D eigenvalue weighted by atomic mass is 19.2. The van der Waals surface area contributed by atoms with E-state index in [-0.39, 0.29) is 26.1 Å². The van der Waals surface area contributed by atoms with E-state index < -0.39 is 34.5 Å². The van der Waals surface area contributed by atoms with Crippen molar-refractivity contribution in [3.8, 4) is 6.07 Å². The molecule has 0 radical (unpaired) electrons. The molecule has 7 heteroatoms. The van der Waals surface area contributed by atoms with Crippen molar-refractivity contribution in [1.29, 1.82) is 5.26 Å². The van der Waals surface area contributed by atoms with Crippen LogP contribution < -0.4 is 5.32 Å². The molecule has 4 nitrogen and oxygen atoms in total. The number of benzene rings is 1. The van der Waals surface area contributed by atoms with Crippen LogP contribution in [0.4, 0.5) is 18.9 Å². The molecule has 0 spiro atoms. The van der Waals surface area contributed by atoms with Gasteiger partial charge in [0.2, 0.25) is 5.91 Å². The maximum Gasteiger partial charge on any atom is 0.245 e. The number of anilines is 1. The van der Waals surface area contributed by atoms with Crippen LogP contribution in [0.25, 0.3) is 0 Å². The Balaban J connectivity index is 2.24. The van der Waals surface area contributed by atoms with Crippen LogP contribution in [0.3, 0.4) is 0 Å². The second-order valence-corrected chi connectivity index (χ2v) is 4.48. The Kier molecular flexibility index (Phi) is 3.95. The zero-order valence-electron chi connectivity index (χ0n) is 10.4. The molecule has 106 valence electrons. The van der Waals surface area contributed by atoms with E-state index in [0.29, 0.717) is 6.07 Å². The van der Waals surface area contributed by atoms with Crippen molar-refractivity contribution in [2.45, 2.75) is 12.8 Å². The highest BCUT2D eigenvalue weighted by molar-refractivity contribution is 5.97. The summed E-state index contributed by atoms with van der Waals surface area (Å²) in [6, 6.07) is 3.52. The summed E-state index contributed by atoms with van der Waals surface area (Å²) in [6.45, 7) is 0.475. The van der Waals surface area contributed by atoms with Gasteiger partial charge in [0.1, 0.15) is 5.41 Å². The first-order chi connectivity index (χ1) is 9.50. The van der Waals surface area contributed by atoms with E-state index in [1.807, 2.05) is 6.07 Å². The summed E-state index contributed by atoms with van der Waals surface area (Å²) in [5.74, 6) is -5.24. The molecule has 1 amide bonds. The molecule has 1 aliphatic rings. The number of ether oxygens (including phenoxy) is 1. The number of rotatable bonds is 2. The van der Waals surface area contributed by atoms with Gasteiger partial charge in [-0.05, 0) is 25.0 Å². The number of hydrogen-bond donors (Lipinski definition) is 1. The van der Waals surface area contributed by atoms with Gasteiger partial charge in [-0.1, -0.05) is 0 Å². The second-order valence-electron chi connectivity index (χ2n) is 4.48. The van der Waals surface area contributed by atoms with Gasteiger partial charge >= 0.3 is 0 Å². The SMILES string of the molecule is N#CC1(C(=O)Nc2ccc(F)c(F)c2F)CCOCC1. The summed E-state index contributed by atoms with van der Waals surface area (Å²) < 4.78 is 44.4. The van der Waals surface area contributed by atoms with E-state index in [2.05, 4.69) is 5.32 Å². The van der Waals surface area contributed by atoms with E-state index in [9.17, 15) is 18.0 Å². The number of halogens is 3. The molecule has 1 aromatic carbocycles. The van der Waals surface area contributed by atoms with Crippen LogP contribution in [0, 0.1) is 34.2 Å². The van der Waals surface area contributed by atoms with Gasteiger partial charge in [-0.25, -0.2) is 13.2 Å². The number of carbonyl (C=O) groups excluding carboxylic acids is 1. The number of carbonyl (C=O) groups is 1. The topological polar surface area (TPSA) is 62.1 Å². The van der Waals surface area contributed by atoms with Crippen molar-refractivity contribution in [2.24, 2.45) is 5.41 Å². The highest BCUT2D eigenvalue weighted by Crippen LogP contribution is 2.32. The predicted octanol–water partition coefficient (Wildman–Crippen LogP) is 2.36. The smallest absolute Gasteiger partial charge is 0.245 e. The fourth-order valence-electron chi connectivity index (χ4n) is 1.97. The van der Waals surface area contributed by atoms with E-state index in [4.69, 9.17) is 10.00 Å². The van der Waals surface area contributed by atoms with Crippen molar-refractivity contribution >= 4 is 11.6 Å². The fourth-order valence-corrected chi connectivity index (χ4v) is 1.97. The van der Waals surface area contributed by atoms with Crippen molar-refractivity contribution in [1.82, 2.24) is 0 Å². The quantitative estimate of drug-likeness (QED) is 0.848. The first kappa shape index (κ1) is 14.3. The lowest BCUT2D eigenvalue weighted by Crippen LogP contribution is -2.40. The third kappa shape index (κ3) is 2.47. The molecule has 0 unspecified atom stereocenters. The average Bonchev–Trinajstić information content (AvgIpc) is 2.48. The molecule has 1 aromatic rings. The highest BCUT2D eigenvalue weighted by Gasteiger charge is 2.40. The number of amides is 1. The maximum absolute atomic E-state index is 13.5. The minimum Gasteiger partial charge on any atom is -0.381 e. The molecule has 1 aliphatic heterocycles. The second kappa shape index (κ2) is 5.51. The van der Waals surface area contributed by atoms with Gasteiger partial charge in [0.15, 0.2) is 17.5 Å². The Morgan fingerprint density at radius 3 is 2.50 bits per heavy atom. The predicted molar refractivity (Wildman–Crippen MR) is 63.0 cm³/mol. The van der Waals surface area contributed by atoms with Crippen molar-refractivity contribution in [3.63, 3.8) is 0 Å².